The summed E-state index contributed by atoms with van der Waals surface area (Å²) in [5, 5.41) is 14.6. The van der Waals surface area contributed by atoms with Crippen LogP contribution < -0.4 is 10.1 Å². The Labute approximate surface area is 123 Å². The minimum absolute atomic E-state index is 0.0402. The van der Waals surface area contributed by atoms with Crippen LogP contribution in [0.1, 0.15) is 26.2 Å². The number of rotatable bonds is 5. The van der Waals surface area contributed by atoms with Crippen molar-refractivity contribution in [3.05, 3.63) is 28.3 Å². The number of hydrogen-bond donors (Lipinski definition) is 1. The van der Waals surface area contributed by atoms with Gasteiger partial charge in [0.1, 0.15) is 0 Å². The van der Waals surface area contributed by atoms with Crippen LogP contribution in [0.5, 0.6) is 5.75 Å². The maximum Gasteiger partial charge on any atom is 0.311 e. The molecule has 5 nitrogen and oxygen atoms in total. The number of nitro groups is 1. The molecule has 3 saturated carbocycles. The molecule has 21 heavy (non-hydrogen) atoms. The Morgan fingerprint density at radius 1 is 1.33 bits per heavy atom. The van der Waals surface area contributed by atoms with Crippen molar-refractivity contribution in [3.63, 3.8) is 0 Å². The highest BCUT2D eigenvalue weighted by Crippen LogP contribution is 2.66. The number of anilines is 1. The SMILES string of the molecule is CCOc1cc(NC2C3C4CCC(C4)C23)ccc1[N+](=O)[O-]. The van der Waals surface area contributed by atoms with Crippen LogP contribution in [0.4, 0.5) is 11.4 Å². The molecule has 5 heteroatoms. The Bertz CT molecular complexity index is 573. The summed E-state index contributed by atoms with van der Waals surface area (Å²) in [5.74, 6) is 3.88. The van der Waals surface area contributed by atoms with Gasteiger partial charge in [0.25, 0.3) is 0 Å². The third kappa shape index (κ3) is 1.98. The van der Waals surface area contributed by atoms with Crippen molar-refractivity contribution >= 4 is 11.4 Å². The van der Waals surface area contributed by atoms with Crippen molar-refractivity contribution in [2.75, 3.05) is 11.9 Å². The van der Waals surface area contributed by atoms with E-state index in [0.29, 0.717) is 18.4 Å². The first-order valence-electron chi connectivity index (χ1n) is 7.87. The fourth-order valence-electron chi connectivity index (χ4n) is 4.74. The highest BCUT2D eigenvalue weighted by molar-refractivity contribution is 5.59. The molecule has 1 N–H and O–H groups in total. The fourth-order valence-corrected chi connectivity index (χ4v) is 4.74. The summed E-state index contributed by atoms with van der Waals surface area (Å²) in [4.78, 5) is 10.6. The van der Waals surface area contributed by atoms with Gasteiger partial charge in [-0.3, -0.25) is 10.1 Å². The van der Waals surface area contributed by atoms with E-state index in [9.17, 15) is 10.1 Å². The maximum atomic E-state index is 11.0. The number of ether oxygens (including phenoxy) is 1. The van der Waals surface area contributed by atoms with Gasteiger partial charge in [-0.2, -0.15) is 0 Å². The molecule has 4 unspecified atom stereocenters. The average molecular weight is 288 g/mol. The van der Waals surface area contributed by atoms with E-state index in [0.717, 1.165) is 29.4 Å². The van der Waals surface area contributed by atoms with Gasteiger partial charge >= 0.3 is 5.69 Å². The summed E-state index contributed by atoms with van der Waals surface area (Å²) in [7, 11) is 0. The first-order chi connectivity index (χ1) is 10.2. The van der Waals surface area contributed by atoms with Crippen LogP contribution in [0.25, 0.3) is 0 Å². The van der Waals surface area contributed by atoms with Gasteiger partial charge in [0.2, 0.25) is 0 Å². The first-order valence-corrected chi connectivity index (χ1v) is 7.87. The topological polar surface area (TPSA) is 64.4 Å². The van der Waals surface area contributed by atoms with Crippen LogP contribution in [-0.2, 0) is 0 Å². The largest absolute Gasteiger partial charge is 0.487 e. The smallest absolute Gasteiger partial charge is 0.311 e. The molecule has 0 radical (unpaired) electrons. The number of hydrogen-bond acceptors (Lipinski definition) is 4. The van der Waals surface area contributed by atoms with Crippen LogP contribution in [0, 0.1) is 33.8 Å². The number of nitrogens with one attached hydrogen (secondary N) is 1. The summed E-state index contributed by atoms with van der Waals surface area (Å²) in [6.45, 7) is 2.27. The van der Waals surface area contributed by atoms with Crippen molar-refractivity contribution < 1.29 is 9.66 Å². The molecule has 4 rings (SSSR count). The van der Waals surface area contributed by atoms with E-state index in [1.807, 2.05) is 6.92 Å². The average Bonchev–Trinajstić information content (AvgIpc) is 2.84. The second-order valence-corrected chi connectivity index (χ2v) is 6.53. The van der Waals surface area contributed by atoms with E-state index in [2.05, 4.69) is 5.32 Å². The zero-order valence-electron chi connectivity index (χ0n) is 12.1. The van der Waals surface area contributed by atoms with Crippen molar-refractivity contribution in [1.82, 2.24) is 0 Å². The van der Waals surface area contributed by atoms with Crippen molar-refractivity contribution in [2.24, 2.45) is 23.7 Å². The summed E-state index contributed by atoms with van der Waals surface area (Å²) in [5.41, 5.74) is 0.987. The number of nitro benzene ring substituents is 1. The van der Waals surface area contributed by atoms with Crippen LogP contribution in [-0.4, -0.2) is 17.6 Å². The minimum Gasteiger partial charge on any atom is -0.487 e. The molecule has 4 atom stereocenters. The Kier molecular flexibility index (Phi) is 2.84. The lowest BCUT2D eigenvalue weighted by Gasteiger charge is -2.13. The maximum absolute atomic E-state index is 11.0. The quantitative estimate of drug-likeness (QED) is 0.665. The standard InChI is InChI=1S/C16H20N2O3/c1-2-21-13-8-11(5-6-12(13)18(19)20)17-16-14-9-3-4-10(7-9)15(14)16/h5-6,8-10,14-17H,2-4,7H2,1H3. The molecule has 3 fully saturated rings. The minimum atomic E-state index is -0.388. The van der Waals surface area contributed by atoms with Gasteiger partial charge in [-0.25, -0.2) is 0 Å². The number of nitrogens with zero attached hydrogens (tertiary/aromatic N) is 1. The van der Waals surface area contributed by atoms with Crippen LogP contribution in [0.3, 0.4) is 0 Å². The van der Waals surface area contributed by atoms with E-state index in [-0.39, 0.29) is 10.6 Å². The lowest BCUT2D eigenvalue weighted by atomic mass is 10.0. The van der Waals surface area contributed by atoms with Crippen molar-refractivity contribution in [2.45, 2.75) is 32.2 Å². The zero-order valence-corrected chi connectivity index (χ0v) is 12.1. The summed E-state index contributed by atoms with van der Waals surface area (Å²) >= 11 is 0. The van der Waals surface area contributed by atoms with E-state index in [1.54, 1.807) is 18.2 Å². The molecule has 3 aliphatic rings. The monoisotopic (exact) mass is 288 g/mol. The van der Waals surface area contributed by atoms with Crippen LogP contribution in [0.15, 0.2) is 18.2 Å². The predicted octanol–water partition coefficient (Wildman–Crippen LogP) is 3.45. The lowest BCUT2D eigenvalue weighted by Crippen LogP contribution is -2.12. The van der Waals surface area contributed by atoms with Crippen molar-refractivity contribution in [3.8, 4) is 5.75 Å². The Balaban J connectivity index is 1.51. The highest BCUT2D eigenvalue weighted by atomic mass is 16.6. The van der Waals surface area contributed by atoms with Crippen LogP contribution >= 0.6 is 0 Å². The summed E-state index contributed by atoms with van der Waals surface area (Å²) in [6.07, 6.45) is 4.22. The molecular weight excluding hydrogens is 268 g/mol. The van der Waals surface area contributed by atoms with E-state index in [1.165, 1.54) is 19.3 Å². The first kappa shape index (κ1) is 12.9. The van der Waals surface area contributed by atoms with Gasteiger partial charge in [-0.05, 0) is 55.9 Å². The summed E-state index contributed by atoms with van der Waals surface area (Å²) < 4.78 is 5.41. The third-order valence-electron chi connectivity index (χ3n) is 5.52. The molecule has 3 aliphatic carbocycles. The lowest BCUT2D eigenvalue weighted by molar-refractivity contribution is -0.385. The normalized spacial score (nSPS) is 35.4. The van der Waals surface area contributed by atoms with Gasteiger partial charge < -0.3 is 10.1 Å². The molecule has 1 aromatic carbocycles. The zero-order chi connectivity index (χ0) is 14.6. The van der Waals surface area contributed by atoms with Gasteiger partial charge in [0.05, 0.1) is 11.5 Å². The predicted molar refractivity (Wildman–Crippen MR) is 79.5 cm³/mol. The molecule has 0 spiro atoms. The fraction of sp³-hybridized carbons (Fsp3) is 0.625. The molecule has 0 aromatic heterocycles. The van der Waals surface area contributed by atoms with E-state index < -0.39 is 0 Å². The second-order valence-electron chi connectivity index (χ2n) is 6.53. The molecule has 0 heterocycles. The van der Waals surface area contributed by atoms with E-state index >= 15 is 0 Å². The Hall–Kier alpha value is -1.78. The number of benzene rings is 1. The molecular formula is C16H20N2O3. The molecule has 0 amide bonds. The molecule has 0 aliphatic heterocycles. The molecule has 1 aromatic rings. The van der Waals surface area contributed by atoms with Gasteiger partial charge in [-0.1, -0.05) is 0 Å². The van der Waals surface area contributed by atoms with Gasteiger partial charge in [-0.15, -0.1) is 0 Å². The Morgan fingerprint density at radius 3 is 2.67 bits per heavy atom. The van der Waals surface area contributed by atoms with E-state index in [4.69, 9.17) is 4.74 Å². The second kappa shape index (κ2) is 4.61. The molecule has 2 bridgehead atoms. The van der Waals surface area contributed by atoms with Gasteiger partial charge in [0, 0.05) is 23.9 Å². The summed E-state index contributed by atoms with van der Waals surface area (Å²) in [6, 6.07) is 5.70. The Morgan fingerprint density at radius 2 is 2.05 bits per heavy atom. The van der Waals surface area contributed by atoms with Crippen molar-refractivity contribution in [1.29, 1.82) is 0 Å². The highest BCUT2D eigenvalue weighted by Gasteiger charge is 2.64. The number of fused-ring (bicyclic) bond motifs is 5. The molecule has 112 valence electrons. The van der Waals surface area contributed by atoms with Crippen LogP contribution in [0.2, 0.25) is 0 Å². The molecule has 0 saturated heterocycles. The third-order valence-corrected chi connectivity index (χ3v) is 5.52. The van der Waals surface area contributed by atoms with Gasteiger partial charge in [0.15, 0.2) is 5.75 Å².